The minimum absolute atomic E-state index is 0.181. The van der Waals surface area contributed by atoms with Gasteiger partial charge in [-0.25, -0.2) is 0 Å². The monoisotopic (exact) mass is 530 g/mol. The second-order valence-corrected chi connectivity index (χ2v) is 11.9. The Labute approximate surface area is 236 Å². The van der Waals surface area contributed by atoms with E-state index in [-0.39, 0.29) is 23.7 Å². The molecule has 0 saturated carbocycles. The molecule has 0 spiro atoms. The molecule has 202 valence electrons. The van der Waals surface area contributed by atoms with Gasteiger partial charge in [-0.05, 0) is 60.2 Å². The van der Waals surface area contributed by atoms with Crippen LogP contribution in [0.1, 0.15) is 67.5 Å². The molecule has 40 heavy (non-hydrogen) atoms. The molecular weight excluding hydrogens is 496 g/mol. The SMILES string of the molecule is COC(=O)C1(C(=O)OC)Cc2c(C#Cc3ccccc3)c(-c3ccccc3)c3c(c2C1)[C@@]1(C)C[C@]3(C)C(C)=C1C. The quantitative estimate of drug-likeness (QED) is 0.169. The maximum atomic E-state index is 13.4. The van der Waals surface area contributed by atoms with Crippen molar-refractivity contribution in [2.45, 2.75) is 57.8 Å². The van der Waals surface area contributed by atoms with Crippen LogP contribution in [-0.2, 0) is 42.7 Å². The third-order valence-corrected chi connectivity index (χ3v) is 10.0. The molecule has 2 atom stereocenters. The third kappa shape index (κ3) is 3.33. The lowest BCUT2D eigenvalue weighted by atomic mass is 9.68. The smallest absolute Gasteiger partial charge is 0.323 e. The van der Waals surface area contributed by atoms with Crippen molar-refractivity contribution in [1.29, 1.82) is 0 Å². The highest BCUT2D eigenvalue weighted by Gasteiger charge is 2.61. The van der Waals surface area contributed by atoms with Gasteiger partial charge in [0.25, 0.3) is 0 Å². The fraction of sp³-hybridized carbons (Fsp3) is 0.333. The molecule has 0 aliphatic heterocycles. The van der Waals surface area contributed by atoms with Gasteiger partial charge in [0.1, 0.15) is 0 Å². The number of methoxy groups -OCH3 is 2. The summed E-state index contributed by atoms with van der Waals surface area (Å²) >= 11 is 0. The highest BCUT2D eigenvalue weighted by Crippen LogP contribution is 2.67. The van der Waals surface area contributed by atoms with Crippen molar-refractivity contribution in [1.82, 2.24) is 0 Å². The number of rotatable bonds is 3. The average Bonchev–Trinajstić information content (AvgIpc) is 3.55. The zero-order valence-electron chi connectivity index (χ0n) is 24.0. The minimum Gasteiger partial charge on any atom is -0.468 e. The van der Waals surface area contributed by atoms with E-state index in [4.69, 9.17) is 9.47 Å². The second kappa shape index (κ2) is 8.96. The van der Waals surface area contributed by atoms with E-state index in [0.717, 1.165) is 39.8 Å². The van der Waals surface area contributed by atoms with Gasteiger partial charge in [0.05, 0.1) is 14.2 Å². The van der Waals surface area contributed by atoms with Crippen molar-refractivity contribution in [2.24, 2.45) is 5.41 Å². The number of esters is 2. The second-order valence-electron chi connectivity index (χ2n) is 11.9. The predicted molar refractivity (Wildman–Crippen MR) is 156 cm³/mol. The van der Waals surface area contributed by atoms with Crippen LogP contribution in [0.4, 0.5) is 0 Å². The Balaban J connectivity index is 1.76. The van der Waals surface area contributed by atoms with E-state index in [0.29, 0.717) is 0 Å². The van der Waals surface area contributed by atoms with Crippen LogP contribution in [0.15, 0.2) is 71.8 Å². The molecule has 3 aliphatic rings. The van der Waals surface area contributed by atoms with Gasteiger partial charge in [0.2, 0.25) is 0 Å². The third-order valence-electron chi connectivity index (χ3n) is 10.0. The summed E-state index contributed by atoms with van der Waals surface area (Å²) in [7, 11) is 2.68. The number of benzene rings is 3. The molecule has 3 aliphatic carbocycles. The zero-order chi connectivity index (χ0) is 28.4. The van der Waals surface area contributed by atoms with Gasteiger partial charge >= 0.3 is 11.9 Å². The van der Waals surface area contributed by atoms with E-state index in [1.165, 1.54) is 36.5 Å². The number of carbonyl (C=O) groups is 2. The fourth-order valence-corrected chi connectivity index (χ4v) is 7.87. The number of carbonyl (C=O) groups excluding carboxylic acids is 2. The largest absolute Gasteiger partial charge is 0.468 e. The van der Waals surface area contributed by atoms with Gasteiger partial charge in [0.15, 0.2) is 5.41 Å². The standard InChI is InChI=1S/C36H34O4/c1-22-23(2)35(4)21-34(22,3)30-28-20-36(32(37)39-5,33(38)40-6)19-27(28)26(18-17-24-13-9-7-10-14-24)29(31(30)35)25-15-11-8-12-16-25/h7-16H,19-21H2,1-6H3/t34-,35+/m0/s1. The zero-order valence-corrected chi connectivity index (χ0v) is 24.0. The molecule has 0 amide bonds. The summed E-state index contributed by atoms with van der Waals surface area (Å²) in [5, 5.41) is 0. The summed E-state index contributed by atoms with van der Waals surface area (Å²) in [6.07, 6.45) is 1.40. The lowest BCUT2D eigenvalue weighted by molar-refractivity contribution is -0.168. The first-order chi connectivity index (χ1) is 19.1. The molecule has 3 aromatic rings. The van der Waals surface area contributed by atoms with Crippen LogP contribution in [0.2, 0.25) is 0 Å². The molecule has 4 heteroatoms. The van der Waals surface area contributed by atoms with E-state index in [1.807, 2.05) is 36.4 Å². The molecule has 0 saturated heterocycles. The first-order valence-electron chi connectivity index (χ1n) is 13.8. The number of hydrogen-bond donors (Lipinski definition) is 0. The Morgan fingerprint density at radius 3 is 1.82 bits per heavy atom. The number of ether oxygens (including phenoxy) is 2. The van der Waals surface area contributed by atoms with Gasteiger partial charge in [-0.1, -0.05) is 85.4 Å². The molecule has 0 aromatic heterocycles. The Morgan fingerprint density at radius 2 is 1.25 bits per heavy atom. The average molecular weight is 531 g/mol. The highest BCUT2D eigenvalue weighted by atomic mass is 16.5. The Bertz CT molecular complexity index is 1650. The van der Waals surface area contributed by atoms with Crippen molar-refractivity contribution in [3.63, 3.8) is 0 Å². The maximum absolute atomic E-state index is 13.4. The summed E-state index contributed by atoms with van der Waals surface area (Å²) in [4.78, 5) is 26.8. The van der Waals surface area contributed by atoms with Gasteiger partial charge < -0.3 is 9.47 Å². The van der Waals surface area contributed by atoms with Crippen LogP contribution in [0, 0.1) is 17.3 Å². The predicted octanol–water partition coefficient (Wildman–Crippen LogP) is 6.45. The fourth-order valence-electron chi connectivity index (χ4n) is 7.87. The van der Waals surface area contributed by atoms with Crippen LogP contribution >= 0.6 is 0 Å². The van der Waals surface area contributed by atoms with Crippen LogP contribution in [-0.4, -0.2) is 26.2 Å². The molecule has 3 aromatic carbocycles. The molecule has 0 radical (unpaired) electrons. The Hall–Kier alpha value is -4.10. The molecule has 0 fully saturated rings. The first kappa shape index (κ1) is 26.1. The summed E-state index contributed by atoms with van der Waals surface area (Å²) in [6.45, 7) is 9.17. The highest BCUT2D eigenvalue weighted by molar-refractivity contribution is 6.02. The molecule has 0 N–H and O–H groups in total. The summed E-state index contributed by atoms with van der Waals surface area (Å²) in [5.41, 5.74) is 9.51. The molecule has 6 rings (SSSR count). The normalized spacial score (nSPS) is 23.2. The van der Waals surface area contributed by atoms with Crippen molar-refractivity contribution in [3.05, 3.63) is 105 Å². The van der Waals surface area contributed by atoms with Gasteiger partial charge in [-0.15, -0.1) is 0 Å². The van der Waals surface area contributed by atoms with E-state index in [9.17, 15) is 9.59 Å². The lowest BCUT2D eigenvalue weighted by Gasteiger charge is -2.35. The summed E-state index contributed by atoms with van der Waals surface area (Å²) in [5.74, 6) is 5.83. The molecule has 4 nitrogen and oxygen atoms in total. The van der Waals surface area contributed by atoms with E-state index in [2.05, 4.69) is 63.8 Å². The van der Waals surface area contributed by atoms with Crippen molar-refractivity contribution in [3.8, 4) is 23.0 Å². The number of allylic oxidation sites excluding steroid dienone is 2. The van der Waals surface area contributed by atoms with E-state index < -0.39 is 17.4 Å². The molecular formula is C36H34O4. The molecule has 0 unspecified atom stereocenters. The summed E-state index contributed by atoms with van der Waals surface area (Å²) < 4.78 is 10.5. The van der Waals surface area contributed by atoms with Crippen molar-refractivity contribution < 1.29 is 19.1 Å². The van der Waals surface area contributed by atoms with Crippen LogP contribution in [0.25, 0.3) is 11.1 Å². The Kier molecular flexibility index (Phi) is 5.86. The minimum atomic E-state index is -1.44. The first-order valence-corrected chi connectivity index (χ1v) is 13.8. The lowest BCUT2D eigenvalue weighted by Crippen LogP contribution is -2.42. The molecule has 2 bridgehead atoms. The van der Waals surface area contributed by atoms with Gasteiger partial charge in [-0.3, -0.25) is 9.59 Å². The van der Waals surface area contributed by atoms with Crippen molar-refractivity contribution >= 4 is 11.9 Å². The van der Waals surface area contributed by atoms with Gasteiger partial charge in [-0.2, -0.15) is 0 Å². The van der Waals surface area contributed by atoms with Crippen molar-refractivity contribution in [2.75, 3.05) is 14.2 Å². The van der Waals surface area contributed by atoms with E-state index >= 15 is 0 Å². The number of fused-ring (bicyclic) bond motifs is 7. The van der Waals surface area contributed by atoms with E-state index in [1.54, 1.807) is 0 Å². The maximum Gasteiger partial charge on any atom is 0.323 e. The van der Waals surface area contributed by atoms with Gasteiger partial charge in [0, 0.05) is 40.4 Å². The Morgan fingerprint density at radius 1 is 0.725 bits per heavy atom. The van der Waals surface area contributed by atoms with Crippen LogP contribution in [0.3, 0.4) is 0 Å². The number of hydrogen-bond acceptors (Lipinski definition) is 4. The summed E-state index contributed by atoms with van der Waals surface area (Å²) in [6, 6.07) is 20.3. The molecule has 0 heterocycles. The topological polar surface area (TPSA) is 52.6 Å². The van der Waals surface area contributed by atoms with Crippen LogP contribution < -0.4 is 0 Å². The van der Waals surface area contributed by atoms with Crippen LogP contribution in [0.5, 0.6) is 0 Å².